The van der Waals surface area contributed by atoms with Crippen LogP contribution >= 0.6 is 0 Å². The van der Waals surface area contributed by atoms with E-state index in [1.54, 1.807) is 6.07 Å². The number of nitrogens with zero attached hydrogens (tertiary/aromatic N) is 6. The van der Waals surface area contributed by atoms with Gasteiger partial charge in [-0.3, -0.25) is 53.3 Å². The largest absolute Gasteiger partial charge is 3.00 e. The number of carbonyl (C=O) groups is 8. The van der Waals surface area contributed by atoms with Crippen molar-refractivity contribution in [3.05, 3.63) is 87.8 Å². The van der Waals surface area contributed by atoms with Crippen LogP contribution in [0, 0.1) is 69.0 Å². The van der Waals surface area contributed by atoms with E-state index < -0.39 is 105 Å². The molecule has 9 atom stereocenters. The molecule has 98 heavy (non-hydrogen) atoms. The van der Waals surface area contributed by atoms with Gasteiger partial charge in [0.1, 0.15) is 0 Å². The molecule has 1 fully saturated rings. The summed E-state index contributed by atoms with van der Waals surface area (Å²) in [4.78, 5) is 132. The van der Waals surface area contributed by atoms with E-state index in [9.17, 15) is 33.6 Å². The zero-order valence-corrected chi connectivity index (χ0v) is 61.3. The van der Waals surface area contributed by atoms with Gasteiger partial charge in [0.25, 0.3) is 0 Å². The summed E-state index contributed by atoms with van der Waals surface area (Å²) in [5, 5.41) is 21.9. The Hall–Kier alpha value is -7.50. The van der Waals surface area contributed by atoms with E-state index in [2.05, 4.69) is 5.32 Å². The van der Waals surface area contributed by atoms with Crippen molar-refractivity contribution >= 4 is 64.8 Å². The molecule has 0 radical (unpaired) electrons. The predicted octanol–water partition coefficient (Wildman–Crippen LogP) is 12.8. The molecule has 1 N–H and O–H groups in total. The summed E-state index contributed by atoms with van der Waals surface area (Å²) in [7, 11) is 0. The Morgan fingerprint density at radius 3 is 1.60 bits per heavy atom. The Labute approximate surface area is 590 Å². The first-order valence-electron chi connectivity index (χ1n) is 34.8. The van der Waals surface area contributed by atoms with Gasteiger partial charge in [-0.05, 0) is 118 Å². The molecular formula is C75H104CoN7O15. The first-order chi connectivity index (χ1) is 46.2. The number of allylic oxidation sites excluding steroid dienone is 6. The molecule has 6 heterocycles. The molecule has 0 aliphatic carbocycles. The number of amides is 1. The number of benzene rings is 1. The van der Waals surface area contributed by atoms with Crippen LogP contribution in [0.5, 0.6) is 0 Å². The number of hydrogen-bond donors (Lipinski definition) is 1. The Balaban J connectivity index is 0.00000400. The number of aliphatic imine (C=N–C) groups is 3. The van der Waals surface area contributed by atoms with Gasteiger partial charge < -0.3 is 67.5 Å². The molecule has 7 rings (SSSR count). The summed E-state index contributed by atoms with van der Waals surface area (Å²) in [5.41, 5.74) is -0.375. The molecule has 22 nitrogen and oxygen atoms in total. The third kappa shape index (κ3) is 18.9. The molecule has 6 aliphatic heterocycles. The van der Waals surface area contributed by atoms with E-state index in [0.717, 1.165) is 0 Å². The fourth-order valence-corrected chi connectivity index (χ4v) is 15.2. The minimum absolute atomic E-state index is 0. The minimum Gasteiger partial charge on any atom is -0.680 e. The average molecular weight is 1400 g/mol. The molecule has 6 aliphatic rings. The van der Waals surface area contributed by atoms with E-state index in [-0.39, 0.29) is 146 Å². The van der Waals surface area contributed by atoms with Gasteiger partial charge in [-0.2, -0.15) is 5.70 Å². The van der Waals surface area contributed by atoms with Crippen molar-refractivity contribution in [3.8, 4) is 0 Å². The average Bonchev–Trinajstić information content (AvgIpc) is 1.53. The number of carbonyl (C=O) groups excluding carboxylic acids is 8. The monoisotopic (exact) mass is 1400 g/mol. The van der Waals surface area contributed by atoms with Crippen LogP contribution in [0.1, 0.15) is 217 Å². The summed E-state index contributed by atoms with van der Waals surface area (Å²) >= 11 is 0. The molecule has 0 spiro atoms. The maximum absolute atomic E-state index is 15.3. The fourth-order valence-electron chi connectivity index (χ4n) is 15.2. The van der Waals surface area contributed by atoms with Crippen molar-refractivity contribution in [2.24, 2.45) is 60.3 Å². The second-order valence-electron chi connectivity index (χ2n) is 27.6. The number of fused-ring (bicyclic) bond motifs is 10. The Morgan fingerprint density at radius 2 is 1.07 bits per heavy atom. The van der Waals surface area contributed by atoms with Crippen molar-refractivity contribution in [1.29, 1.82) is 10.5 Å². The topological polar surface area (TPSA) is 312 Å². The van der Waals surface area contributed by atoms with Gasteiger partial charge in [0, 0.05) is 82.8 Å². The third-order valence-corrected chi connectivity index (χ3v) is 20.4. The molecular weight excluding hydrogens is 1300 g/mol. The van der Waals surface area contributed by atoms with Gasteiger partial charge in [0.05, 0.1) is 89.0 Å². The quantitative estimate of drug-likeness (QED) is 0.0463. The van der Waals surface area contributed by atoms with Crippen LogP contribution in [0.2, 0.25) is 0 Å². The van der Waals surface area contributed by atoms with Gasteiger partial charge in [-0.1, -0.05) is 113 Å². The number of ether oxygens (including phenoxy) is 7. The van der Waals surface area contributed by atoms with Crippen molar-refractivity contribution in [2.45, 2.75) is 231 Å². The molecule has 538 valence electrons. The molecule has 23 heteroatoms. The van der Waals surface area contributed by atoms with Crippen LogP contribution in [0.3, 0.4) is 0 Å². The van der Waals surface area contributed by atoms with Gasteiger partial charge in [-0.15, -0.1) is 0 Å². The molecule has 0 unspecified atom stereocenters. The van der Waals surface area contributed by atoms with Gasteiger partial charge in [-0.25, -0.2) is 0 Å². The molecule has 1 saturated heterocycles. The zero-order valence-electron chi connectivity index (χ0n) is 60.2. The normalized spacial score (nSPS) is 26.7. The Kier molecular flexibility index (Phi) is 31.8. The summed E-state index contributed by atoms with van der Waals surface area (Å²) in [6.45, 7) is 38.0. The van der Waals surface area contributed by atoms with E-state index in [4.69, 9.17) is 77.1 Å². The molecule has 1 amide bonds. The van der Waals surface area contributed by atoms with Crippen LogP contribution in [-0.2, 0) is 101 Å². The predicted molar refractivity (Wildman–Crippen MR) is 364 cm³/mol. The van der Waals surface area contributed by atoms with Crippen LogP contribution in [0.15, 0.2) is 73.2 Å². The number of esters is 7. The first-order valence-corrected chi connectivity index (χ1v) is 34.8. The number of rotatable bonds is 28. The fraction of sp³-hybridized carbons (Fsp3) is 0.667. The maximum Gasteiger partial charge on any atom is 3.00 e. The second-order valence-corrected chi connectivity index (χ2v) is 27.6. The molecule has 1 aromatic rings. The molecule has 0 aromatic heterocycles. The van der Waals surface area contributed by atoms with Crippen molar-refractivity contribution in [2.75, 3.05) is 46.2 Å². The van der Waals surface area contributed by atoms with E-state index in [1.165, 1.54) is 0 Å². The second kappa shape index (κ2) is 37.6. The maximum atomic E-state index is 15.3. The van der Waals surface area contributed by atoms with Crippen LogP contribution in [0.4, 0.5) is 0 Å². The zero-order chi connectivity index (χ0) is 72.1. The van der Waals surface area contributed by atoms with Crippen LogP contribution in [-0.4, -0.2) is 123 Å². The molecule has 0 saturated carbocycles. The van der Waals surface area contributed by atoms with Crippen molar-refractivity contribution < 1.29 is 88.3 Å². The number of hydrogen-bond acceptors (Lipinski definition) is 20. The smallest absolute Gasteiger partial charge is 0.680 e. The van der Waals surface area contributed by atoms with E-state index >= 15 is 4.79 Å². The van der Waals surface area contributed by atoms with Crippen molar-refractivity contribution in [3.63, 3.8) is 0 Å². The van der Waals surface area contributed by atoms with Crippen LogP contribution in [0.25, 0.3) is 5.32 Å². The number of nitrogens with one attached hydrogen (secondary N) is 1. The van der Waals surface area contributed by atoms with E-state index in [1.807, 2.05) is 115 Å². The summed E-state index contributed by atoms with van der Waals surface area (Å²) < 4.78 is 41.3. The standard InChI is InChI=1S/C73H105N5O15.2CN.Co/c1-15-33-87-54(80)27-24-49-61-45(7)66-70(11,31-30-57(83)90-36-18-4)52(43-59(85)91-37-19-5)67(77-66)73(14)72(13,44-60(86)92-38-20-6)51(26-29-56(82)89-35-17-3)62(78-73)46(8)65-71(12)32-39-93-58(84)42-48-23-21-22-47(40-48)41-53(79)74-64(68(75-61)69(49,9)10)63(76-65)50(71)25-28-55(81)88-34-16-2;2*1-2;/h21-23,40,49-52,67H,15-20,24-39,41-44H2,1-14H3,(H2,74,75,76,77,78,79);;;/q;2*-1;+3/p-1/t49-,50-,51+,52-,67+,70-,71+,72+,73-;;;/m0.../s1. The van der Waals surface area contributed by atoms with Gasteiger partial charge >= 0.3 is 58.6 Å². The SMILES string of the molecule is CCCOC(=O)CC[C@@H]1C2=C(C)C3=N/C4=C(\NC(=O)Cc5cccc(c5)CC(=O)OCC[C@]3(C)[C@H]4CCC(=O)OCCC)C3=NC(=C(C)C4=N[C@H]([C@H](CC(=O)OCCC)[C@]4(C)CCC(=O)OCCC)[C@](C)([N-]2)[C@]1(C)CC(=O)OCCC)[C@H](CCC(=O)OCCC)C3(C)C.[C-]#N.[C-]#N.[Co+3]. The first kappa shape index (κ1) is 82.9. The van der Waals surface area contributed by atoms with E-state index in [0.29, 0.717) is 101 Å². The summed E-state index contributed by atoms with van der Waals surface area (Å²) in [6.07, 6.45) is 3.54. The Morgan fingerprint density at radius 1 is 0.602 bits per heavy atom. The number of cyclic esters (lactones) is 1. The molecule has 11 bridgehead atoms. The summed E-state index contributed by atoms with van der Waals surface area (Å²) in [5.74, 6) is -6.45. The van der Waals surface area contributed by atoms with Crippen molar-refractivity contribution in [1.82, 2.24) is 5.32 Å². The Bertz CT molecular complexity index is 3280. The van der Waals surface area contributed by atoms with Gasteiger partial charge in [0.15, 0.2) is 0 Å². The minimum atomic E-state index is -1.46. The van der Waals surface area contributed by atoms with Gasteiger partial charge in [0.2, 0.25) is 5.91 Å². The van der Waals surface area contributed by atoms with Crippen LogP contribution < -0.4 is 5.32 Å². The third-order valence-electron chi connectivity index (χ3n) is 20.4. The summed E-state index contributed by atoms with van der Waals surface area (Å²) in [6, 6.07) is 6.30. The molecule has 1 aromatic carbocycles.